The molecule has 0 spiro atoms. The van der Waals surface area contributed by atoms with Gasteiger partial charge in [-0.25, -0.2) is 0 Å². The first-order valence-corrected chi connectivity index (χ1v) is 13.0. The third kappa shape index (κ3) is 11.5. The number of hydrogen-bond donors (Lipinski definition) is 0. The number of carbonyl (C=O) groups is 5. The van der Waals surface area contributed by atoms with Crippen molar-refractivity contribution in [1.82, 2.24) is 0 Å². The molecule has 234 valence electrons. The van der Waals surface area contributed by atoms with Crippen molar-refractivity contribution < 1.29 is 57.1 Å². The first-order valence-electron chi connectivity index (χ1n) is 13.0. The molecule has 0 saturated heterocycles. The zero-order valence-corrected chi connectivity index (χ0v) is 24.6. The number of anilines is 2. The molecule has 0 N–H and O–H groups in total. The van der Waals surface area contributed by atoms with Gasteiger partial charge >= 0.3 is 23.9 Å². The second-order valence-electron chi connectivity index (χ2n) is 8.64. The average Bonchev–Trinajstić information content (AvgIpc) is 3.03. The van der Waals surface area contributed by atoms with E-state index in [1.165, 1.54) is 50.4 Å². The second-order valence-corrected chi connectivity index (χ2v) is 8.64. The van der Waals surface area contributed by atoms with E-state index in [9.17, 15) is 24.0 Å². The Hall–Kier alpha value is -4.85. The molecule has 0 aliphatic heterocycles. The summed E-state index contributed by atoms with van der Waals surface area (Å²) in [4.78, 5) is 62.0. The molecule has 0 aliphatic carbocycles. The molecule has 14 nitrogen and oxygen atoms in total. The standard InChI is InChI=1S/C29H36N2O12/c1-37-26(33)16-30(17-27(34)38-2)22-7-5-6-8-24(22)42-13-11-41-12-14-43-25-15-21(20-32)9-10-23(25)31(18-28(35)39-3)19-29(36)40-4/h5-10,15,20H,11-14,16-19H2,1-4H3. The molecular formula is C29H36N2O12. The van der Waals surface area contributed by atoms with E-state index < -0.39 is 23.9 Å². The maximum Gasteiger partial charge on any atom is 0.325 e. The topological polar surface area (TPSA) is 156 Å². The Kier molecular flexibility index (Phi) is 14.8. The fourth-order valence-electron chi connectivity index (χ4n) is 3.68. The number of hydrogen-bond acceptors (Lipinski definition) is 14. The van der Waals surface area contributed by atoms with Gasteiger partial charge in [0.25, 0.3) is 0 Å². The first-order chi connectivity index (χ1) is 20.8. The Labute approximate surface area is 249 Å². The van der Waals surface area contributed by atoms with E-state index in [2.05, 4.69) is 0 Å². The van der Waals surface area contributed by atoms with Crippen LogP contribution in [0.4, 0.5) is 11.4 Å². The van der Waals surface area contributed by atoms with E-state index in [1.807, 2.05) is 0 Å². The van der Waals surface area contributed by atoms with E-state index in [1.54, 1.807) is 30.3 Å². The lowest BCUT2D eigenvalue weighted by molar-refractivity contribution is -0.141. The quantitative estimate of drug-likeness (QED) is 0.0977. The highest BCUT2D eigenvalue weighted by atomic mass is 16.6. The van der Waals surface area contributed by atoms with Crippen molar-refractivity contribution >= 4 is 41.5 Å². The Morgan fingerprint density at radius 2 is 1.05 bits per heavy atom. The van der Waals surface area contributed by atoms with Crippen molar-refractivity contribution in [3.05, 3.63) is 48.0 Å². The SMILES string of the molecule is COC(=O)CN(CC(=O)OC)c1ccccc1OCCOCCOc1cc(C=O)ccc1N(CC(=O)OC)CC(=O)OC. The van der Waals surface area contributed by atoms with Gasteiger partial charge < -0.3 is 43.0 Å². The second kappa shape index (κ2) is 18.6. The normalized spacial score (nSPS) is 10.2. The lowest BCUT2D eigenvalue weighted by Crippen LogP contribution is -2.36. The van der Waals surface area contributed by atoms with Crippen LogP contribution < -0.4 is 19.3 Å². The summed E-state index contributed by atoms with van der Waals surface area (Å²) in [5, 5.41) is 0. The lowest BCUT2D eigenvalue weighted by Gasteiger charge is -2.25. The molecule has 0 saturated carbocycles. The number of para-hydroxylation sites is 2. The molecule has 0 aromatic heterocycles. The Morgan fingerprint density at radius 1 is 0.605 bits per heavy atom. The van der Waals surface area contributed by atoms with E-state index in [0.29, 0.717) is 29.0 Å². The average molecular weight is 605 g/mol. The zero-order valence-electron chi connectivity index (χ0n) is 24.6. The summed E-state index contributed by atoms with van der Waals surface area (Å²) >= 11 is 0. The summed E-state index contributed by atoms with van der Waals surface area (Å²) in [5.41, 5.74) is 1.20. The first kappa shape index (κ1) is 34.4. The predicted molar refractivity (Wildman–Crippen MR) is 153 cm³/mol. The molecule has 43 heavy (non-hydrogen) atoms. The van der Waals surface area contributed by atoms with Crippen molar-refractivity contribution in [2.45, 2.75) is 0 Å². The molecule has 0 amide bonds. The molecule has 0 heterocycles. The highest BCUT2D eigenvalue weighted by Gasteiger charge is 2.21. The number of ether oxygens (including phenoxy) is 7. The number of esters is 4. The summed E-state index contributed by atoms with van der Waals surface area (Å²) in [6.07, 6.45) is 0.644. The van der Waals surface area contributed by atoms with Crippen LogP contribution in [0.5, 0.6) is 11.5 Å². The summed E-state index contributed by atoms with van der Waals surface area (Å²) < 4.78 is 36.2. The molecule has 0 atom stereocenters. The monoisotopic (exact) mass is 604 g/mol. The fourth-order valence-corrected chi connectivity index (χ4v) is 3.68. The van der Waals surface area contributed by atoms with Gasteiger partial charge in [-0.2, -0.15) is 0 Å². The summed E-state index contributed by atoms with van der Waals surface area (Å²) in [6.45, 7) is -0.373. The molecule has 0 unspecified atom stereocenters. The molecule has 2 rings (SSSR count). The maximum atomic E-state index is 12.0. The number of benzene rings is 2. The number of rotatable bonds is 19. The Balaban J connectivity index is 1.99. The number of carbonyl (C=O) groups excluding carboxylic acids is 5. The predicted octanol–water partition coefficient (Wildman–Crippen LogP) is 1.28. The molecule has 2 aromatic carbocycles. The van der Waals surface area contributed by atoms with Gasteiger partial charge in [0.05, 0.1) is 53.0 Å². The molecule has 0 radical (unpaired) electrons. The molecule has 0 fully saturated rings. The van der Waals surface area contributed by atoms with Crippen molar-refractivity contribution in [2.75, 3.05) is 90.8 Å². The highest BCUT2D eigenvalue weighted by Crippen LogP contribution is 2.30. The lowest BCUT2D eigenvalue weighted by atomic mass is 10.2. The highest BCUT2D eigenvalue weighted by molar-refractivity contribution is 5.85. The van der Waals surface area contributed by atoms with Crippen LogP contribution in [-0.2, 0) is 42.9 Å². The number of methoxy groups -OCH3 is 4. The van der Waals surface area contributed by atoms with E-state index in [0.717, 1.165) is 0 Å². The van der Waals surface area contributed by atoms with Crippen LogP contribution in [0, 0.1) is 0 Å². The smallest absolute Gasteiger partial charge is 0.325 e. The van der Waals surface area contributed by atoms with Crippen LogP contribution in [0.25, 0.3) is 0 Å². The fraction of sp³-hybridized carbons (Fsp3) is 0.414. The van der Waals surface area contributed by atoms with Crippen LogP contribution in [0.2, 0.25) is 0 Å². The van der Waals surface area contributed by atoms with Crippen LogP contribution in [0.1, 0.15) is 10.4 Å². The van der Waals surface area contributed by atoms with Gasteiger partial charge in [0.15, 0.2) is 0 Å². The Bertz CT molecular complexity index is 1200. The van der Waals surface area contributed by atoms with E-state index in [4.69, 9.17) is 33.2 Å². The number of nitrogens with zero attached hydrogens (tertiary/aromatic N) is 2. The summed E-state index contributed by atoms with van der Waals surface area (Å²) in [6, 6.07) is 11.4. The minimum atomic E-state index is -0.585. The van der Waals surface area contributed by atoms with Gasteiger partial charge in [-0.15, -0.1) is 0 Å². The van der Waals surface area contributed by atoms with Crippen molar-refractivity contribution in [3.63, 3.8) is 0 Å². The Morgan fingerprint density at radius 3 is 1.51 bits per heavy atom. The largest absolute Gasteiger partial charge is 0.489 e. The molecule has 0 aliphatic rings. The van der Waals surface area contributed by atoms with Crippen LogP contribution >= 0.6 is 0 Å². The van der Waals surface area contributed by atoms with Crippen molar-refractivity contribution in [2.24, 2.45) is 0 Å². The molecule has 2 aromatic rings. The molecular weight excluding hydrogens is 568 g/mol. The van der Waals surface area contributed by atoms with E-state index >= 15 is 0 Å². The summed E-state index contributed by atoms with van der Waals surface area (Å²) in [5.74, 6) is -1.58. The van der Waals surface area contributed by atoms with Crippen LogP contribution in [-0.4, -0.2) is 111 Å². The third-order valence-corrected chi connectivity index (χ3v) is 5.83. The van der Waals surface area contributed by atoms with Gasteiger partial charge in [0, 0.05) is 5.56 Å². The van der Waals surface area contributed by atoms with Gasteiger partial charge in [0.2, 0.25) is 0 Å². The third-order valence-electron chi connectivity index (χ3n) is 5.83. The van der Waals surface area contributed by atoms with Crippen molar-refractivity contribution in [3.8, 4) is 11.5 Å². The van der Waals surface area contributed by atoms with Gasteiger partial charge in [-0.1, -0.05) is 12.1 Å². The zero-order chi connectivity index (χ0) is 31.6. The summed E-state index contributed by atoms with van der Waals surface area (Å²) in [7, 11) is 4.96. The van der Waals surface area contributed by atoms with Gasteiger partial charge in [-0.05, 0) is 30.3 Å². The molecule has 0 bridgehead atoms. The van der Waals surface area contributed by atoms with Crippen molar-refractivity contribution in [1.29, 1.82) is 0 Å². The van der Waals surface area contributed by atoms with Crippen LogP contribution in [0.3, 0.4) is 0 Å². The minimum Gasteiger partial charge on any atom is -0.489 e. The number of aldehydes is 1. The van der Waals surface area contributed by atoms with Gasteiger partial charge in [0.1, 0.15) is 57.2 Å². The minimum absolute atomic E-state index is 0.0716. The van der Waals surface area contributed by atoms with Gasteiger partial charge in [-0.3, -0.25) is 24.0 Å². The molecule has 14 heteroatoms. The van der Waals surface area contributed by atoms with E-state index in [-0.39, 0.29) is 58.4 Å². The van der Waals surface area contributed by atoms with Crippen LogP contribution in [0.15, 0.2) is 42.5 Å². The maximum absolute atomic E-state index is 12.0.